The van der Waals surface area contributed by atoms with Crippen molar-refractivity contribution in [2.75, 3.05) is 18.0 Å². The van der Waals surface area contributed by atoms with Crippen LogP contribution >= 0.6 is 0 Å². The van der Waals surface area contributed by atoms with Crippen LogP contribution in [0.2, 0.25) is 0 Å². The second-order valence-corrected chi connectivity index (χ2v) is 4.88. The quantitative estimate of drug-likeness (QED) is 0.586. The number of nitrogens with zero attached hydrogens (tertiary/aromatic N) is 1. The molecule has 0 saturated carbocycles. The van der Waals surface area contributed by atoms with Gasteiger partial charge in [0, 0.05) is 24.3 Å². The van der Waals surface area contributed by atoms with Gasteiger partial charge in [0.15, 0.2) is 5.78 Å². The molecule has 1 aliphatic heterocycles. The lowest BCUT2D eigenvalue weighted by Crippen LogP contribution is -2.20. The Morgan fingerprint density at radius 1 is 1.35 bits per heavy atom. The molecule has 0 N–H and O–H groups in total. The van der Waals surface area contributed by atoms with Gasteiger partial charge in [0.2, 0.25) is 0 Å². The Balaban J connectivity index is 2.22. The summed E-state index contributed by atoms with van der Waals surface area (Å²) in [6, 6.07) is 6.06. The standard InChI is InChI=1S/C15H19NO/c1-11(2)6-8-16-9-7-14-10-13(12(3)17)4-5-15(14)16/h4-6,10H,7-9H2,1-3H3. The highest BCUT2D eigenvalue weighted by atomic mass is 16.1. The molecule has 1 aromatic carbocycles. The van der Waals surface area contributed by atoms with Gasteiger partial charge in [-0.05, 0) is 51.0 Å². The highest BCUT2D eigenvalue weighted by molar-refractivity contribution is 5.94. The molecule has 0 saturated heterocycles. The number of carbonyl (C=O) groups is 1. The summed E-state index contributed by atoms with van der Waals surface area (Å²) in [5.41, 5.74) is 4.76. The first kappa shape index (κ1) is 11.9. The predicted octanol–water partition coefficient (Wildman–Crippen LogP) is 3.22. The number of ketones is 1. The molecule has 17 heavy (non-hydrogen) atoms. The smallest absolute Gasteiger partial charge is 0.159 e. The van der Waals surface area contributed by atoms with Crippen LogP contribution in [-0.2, 0) is 6.42 Å². The maximum absolute atomic E-state index is 11.3. The fourth-order valence-corrected chi connectivity index (χ4v) is 2.17. The average Bonchev–Trinajstić information content (AvgIpc) is 2.68. The van der Waals surface area contributed by atoms with Crippen molar-refractivity contribution in [2.45, 2.75) is 27.2 Å². The zero-order chi connectivity index (χ0) is 12.4. The molecule has 0 bridgehead atoms. The van der Waals surface area contributed by atoms with Crippen LogP contribution in [0.15, 0.2) is 29.8 Å². The zero-order valence-electron chi connectivity index (χ0n) is 10.8. The summed E-state index contributed by atoms with van der Waals surface area (Å²) in [6.07, 6.45) is 3.29. The minimum Gasteiger partial charge on any atom is -0.367 e. The van der Waals surface area contributed by atoms with Crippen molar-refractivity contribution in [3.05, 3.63) is 41.0 Å². The molecule has 1 aromatic rings. The monoisotopic (exact) mass is 229 g/mol. The lowest BCUT2D eigenvalue weighted by molar-refractivity contribution is 0.101. The minimum absolute atomic E-state index is 0.149. The van der Waals surface area contributed by atoms with Crippen LogP contribution < -0.4 is 4.90 Å². The summed E-state index contributed by atoms with van der Waals surface area (Å²) >= 11 is 0. The third kappa shape index (κ3) is 2.57. The van der Waals surface area contributed by atoms with E-state index in [1.54, 1.807) is 6.92 Å². The Morgan fingerprint density at radius 2 is 2.12 bits per heavy atom. The third-order valence-corrected chi connectivity index (χ3v) is 3.20. The van der Waals surface area contributed by atoms with Gasteiger partial charge in [0.25, 0.3) is 0 Å². The number of carbonyl (C=O) groups excluding carboxylic acids is 1. The van der Waals surface area contributed by atoms with Crippen molar-refractivity contribution in [1.82, 2.24) is 0 Å². The molecule has 1 aliphatic rings. The Morgan fingerprint density at radius 3 is 2.76 bits per heavy atom. The van der Waals surface area contributed by atoms with E-state index in [1.807, 2.05) is 12.1 Å². The molecule has 0 radical (unpaired) electrons. The first-order chi connectivity index (χ1) is 8.08. The van der Waals surface area contributed by atoms with Crippen molar-refractivity contribution in [2.24, 2.45) is 0 Å². The van der Waals surface area contributed by atoms with Crippen LogP contribution in [0.3, 0.4) is 0 Å². The number of hydrogen-bond acceptors (Lipinski definition) is 2. The number of Topliss-reactive ketones (excluding diaryl/α,β-unsaturated/α-hetero) is 1. The predicted molar refractivity (Wildman–Crippen MR) is 71.8 cm³/mol. The highest BCUT2D eigenvalue weighted by Crippen LogP contribution is 2.28. The maximum Gasteiger partial charge on any atom is 0.159 e. The van der Waals surface area contributed by atoms with Crippen LogP contribution in [0.4, 0.5) is 5.69 Å². The third-order valence-electron chi connectivity index (χ3n) is 3.20. The maximum atomic E-state index is 11.3. The second-order valence-electron chi connectivity index (χ2n) is 4.88. The number of allylic oxidation sites excluding steroid dienone is 1. The average molecular weight is 229 g/mol. The Kier molecular flexibility index (Phi) is 3.32. The summed E-state index contributed by atoms with van der Waals surface area (Å²) in [5, 5.41) is 0. The molecule has 2 heteroatoms. The number of benzene rings is 1. The summed E-state index contributed by atoms with van der Waals surface area (Å²) in [6.45, 7) is 7.89. The largest absolute Gasteiger partial charge is 0.367 e. The molecule has 0 unspecified atom stereocenters. The first-order valence-electron chi connectivity index (χ1n) is 6.10. The molecule has 0 aliphatic carbocycles. The molecular weight excluding hydrogens is 210 g/mol. The molecular formula is C15H19NO. The SMILES string of the molecule is CC(=O)c1ccc2c(c1)CCN2CC=C(C)C. The molecule has 0 amide bonds. The number of hydrogen-bond donors (Lipinski definition) is 0. The topological polar surface area (TPSA) is 20.3 Å². The minimum atomic E-state index is 0.149. The Bertz CT molecular complexity index is 470. The van der Waals surface area contributed by atoms with Crippen LogP contribution in [0.5, 0.6) is 0 Å². The van der Waals surface area contributed by atoms with Gasteiger partial charge < -0.3 is 4.90 Å². The van der Waals surface area contributed by atoms with Gasteiger partial charge in [-0.1, -0.05) is 11.6 Å². The Labute approximate surface area is 103 Å². The van der Waals surface area contributed by atoms with Crippen LogP contribution in [0.1, 0.15) is 36.7 Å². The molecule has 0 atom stereocenters. The van der Waals surface area contributed by atoms with Gasteiger partial charge in [0.05, 0.1) is 0 Å². The summed E-state index contributed by atoms with van der Waals surface area (Å²) < 4.78 is 0. The van der Waals surface area contributed by atoms with Gasteiger partial charge in [0.1, 0.15) is 0 Å². The van der Waals surface area contributed by atoms with Crippen LogP contribution in [0.25, 0.3) is 0 Å². The first-order valence-corrected chi connectivity index (χ1v) is 6.10. The normalized spacial score (nSPS) is 13.5. The van der Waals surface area contributed by atoms with Crippen LogP contribution in [0, 0.1) is 0 Å². The molecule has 0 aromatic heterocycles. The number of fused-ring (bicyclic) bond motifs is 1. The molecule has 2 rings (SSSR count). The van der Waals surface area contributed by atoms with Gasteiger partial charge in [-0.15, -0.1) is 0 Å². The van der Waals surface area contributed by atoms with E-state index in [-0.39, 0.29) is 5.78 Å². The molecule has 0 fully saturated rings. The van der Waals surface area contributed by atoms with E-state index in [0.29, 0.717) is 0 Å². The van der Waals surface area contributed by atoms with E-state index in [4.69, 9.17) is 0 Å². The van der Waals surface area contributed by atoms with Gasteiger partial charge in [-0.2, -0.15) is 0 Å². The van der Waals surface area contributed by atoms with Gasteiger partial charge in [-0.25, -0.2) is 0 Å². The van der Waals surface area contributed by atoms with Crippen molar-refractivity contribution in [1.29, 1.82) is 0 Å². The summed E-state index contributed by atoms with van der Waals surface area (Å²) in [4.78, 5) is 13.7. The number of rotatable bonds is 3. The molecule has 0 spiro atoms. The lowest BCUT2D eigenvalue weighted by Gasteiger charge is -2.17. The van der Waals surface area contributed by atoms with E-state index < -0.39 is 0 Å². The zero-order valence-corrected chi connectivity index (χ0v) is 10.8. The van der Waals surface area contributed by atoms with E-state index in [9.17, 15) is 4.79 Å². The highest BCUT2D eigenvalue weighted by Gasteiger charge is 2.18. The number of anilines is 1. The van der Waals surface area contributed by atoms with Crippen LogP contribution in [-0.4, -0.2) is 18.9 Å². The Hall–Kier alpha value is -1.57. The van der Waals surface area contributed by atoms with E-state index in [0.717, 1.165) is 25.1 Å². The van der Waals surface area contributed by atoms with Crippen molar-refractivity contribution in [3.63, 3.8) is 0 Å². The van der Waals surface area contributed by atoms with Crippen molar-refractivity contribution < 1.29 is 4.79 Å². The second kappa shape index (κ2) is 4.74. The van der Waals surface area contributed by atoms with E-state index in [2.05, 4.69) is 30.9 Å². The fraction of sp³-hybridized carbons (Fsp3) is 0.400. The molecule has 2 nitrogen and oxygen atoms in total. The van der Waals surface area contributed by atoms with Gasteiger partial charge >= 0.3 is 0 Å². The van der Waals surface area contributed by atoms with E-state index >= 15 is 0 Å². The summed E-state index contributed by atoms with van der Waals surface area (Å²) in [5.74, 6) is 0.149. The molecule has 90 valence electrons. The van der Waals surface area contributed by atoms with Gasteiger partial charge in [-0.3, -0.25) is 4.79 Å². The fourth-order valence-electron chi connectivity index (χ4n) is 2.17. The van der Waals surface area contributed by atoms with Crippen molar-refractivity contribution >= 4 is 11.5 Å². The lowest BCUT2D eigenvalue weighted by atomic mass is 10.1. The molecule has 1 heterocycles. The van der Waals surface area contributed by atoms with Crippen molar-refractivity contribution in [3.8, 4) is 0 Å². The summed E-state index contributed by atoms with van der Waals surface area (Å²) in [7, 11) is 0. The van der Waals surface area contributed by atoms with E-state index in [1.165, 1.54) is 16.8 Å².